The van der Waals surface area contributed by atoms with E-state index in [0.717, 1.165) is 11.8 Å². The Morgan fingerprint density at radius 3 is 2.42 bits per heavy atom. The quantitative estimate of drug-likeness (QED) is 0.847. The van der Waals surface area contributed by atoms with E-state index in [2.05, 4.69) is 59.4 Å². The molecular weight excluding hydrogens is 298 g/mol. The van der Waals surface area contributed by atoms with Crippen molar-refractivity contribution in [3.05, 3.63) is 34.3 Å². The number of nitrogens with one attached hydrogen (secondary N) is 1. The van der Waals surface area contributed by atoms with Crippen LogP contribution >= 0.6 is 15.9 Å². The summed E-state index contributed by atoms with van der Waals surface area (Å²) in [4.78, 5) is 0. The molecular formula is C17H24BrN. The molecule has 0 amide bonds. The molecule has 0 heterocycles. The normalized spacial score (nSPS) is 32.6. The summed E-state index contributed by atoms with van der Waals surface area (Å²) in [5, 5.41) is 3.69. The molecule has 2 fully saturated rings. The first-order valence-corrected chi connectivity index (χ1v) is 8.33. The molecule has 104 valence electrons. The highest BCUT2D eigenvalue weighted by atomic mass is 79.9. The summed E-state index contributed by atoms with van der Waals surface area (Å²) in [6, 6.07) is 9.51. The number of rotatable bonds is 5. The molecule has 2 aliphatic rings. The molecule has 1 aromatic carbocycles. The molecule has 19 heavy (non-hydrogen) atoms. The molecule has 0 bridgehead atoms. The molecule has 2 aliphatic carbocycles. The maximum absolute atomic E-state index is 3.69. The standard InChI is InChI=1S/C17H24BrN/c1-12(2)19-11-17(9-14-7-15(14)10-17)8-13-3-5-16(18)6-4-13/h3-6,12,14-15,19H,7-11H2,1-2H3. The van der Waals surface area contributed by atoms with Gasteiger partial charge in [0.05, 0.1) is 0 Å². The van der Waals surface area contributed by atoms with Gasteiger partial charge in [0.25, 0.3) is 0 Å². The third kappa shape index (κ3) is 3.22. The SMILES string of the molecule is CC(C)NCC1(Cc2ccc(Br)cc2)CC2CC2C1. The van der Waals surface area contributed by atoms with Gasteiger partial charge in [-0.2, -0.15) is 0 Å². The van der Waals surface area contributed by atoms with Crippen LogP contribution in [0.3, 0.4) is 0 Å². The number of benzene rings is 1. The lowest BCUT2D eigenvalue weighted by molar-refractivity contribution is 0.241. The van der Waals surface area contributed by atoms with Crippen LogP contribution in [0, 0.1) is 17.3 Å². The number of hydrogen-bond donors (Lipinski definition) is 1. The topological polar surface area (TPSA) is 12.0 Å². The summed E-state index contributed by atoms with van der Waals surface area (Å²) in [5.41, 5.74) is 2.01. The van der Waals surface area contributed by atoms with E-state index in [1.54, 1.807) is 0 Å². The maximum Gasteiger partial charge on any atom is 0.0175 e. The van der Waals surface area contributed by atoms with E-state index in [9.17, 15) is 0 Å². The first kappa shape index (κ1) is 13.6. The third-order valence-electron chi connectivity index (χ3n) is 4.84. The maximum atomic E-state index is 3.69. The van der Waals surface area contributed by atoms with Gasteiger partial charge in [-0.1, -0.05) is 41.9 Å². The molecule has 0 radical (unpaired) electrons. The fourth-order valence-corrected chi connectivity index (χ4v) is 4.08. The summed E-state index contributed by atoms with van der Waals surface area (Å²) in [6.07, 6.45) is 5.62. The van der Waals surface area contributed by atoms with Gasteiger partial charge in [-0.25, -0.2) is 0 Å². The number of halogens is 1. The van der Waals surface area contributed by atoms with Crippen LogP contribution < -0.4 is 5.32 Å². The van der Waals surface area contributed by atoms with Crippen molar-refractivity contribution >= 4 is 15.9 Å². The van der Waals surface area contributed by atoms with Gasteiger partial charge in [-0.3, -0.25) is 0 Å². The zero-order valence-electron chi connectivity index (χ0n) is 12.0. The van der Waals surface area contributed by atoms with E-state index in [1.807, 2.05) is 0 Å². The summed E-state index contributed by atoms with van der Waals surface area (Å²) < 4.78 is 1.18. The van der Waals surface area contributed by atoms with Crippen molar-refractivity contribution in [1.82, 2.24) is 5.32 Å². The minimum atomic E-state index is 0.520. The van der Waals surface area contributed by atoms with Crippen molar-refractivity contribution in [2.45, 2.75) is 45.6 Å². The van der Waals surface area contributed by atoms with Crippen molar-refractivity contribution < 1.29 is 0 Å². The minimum Gasteiger partial charge on any atom is -0.314 e. The van der Waals surface area contributed by atoms with Gasteiger partial charge in [-0.15, -0.1) is 0 Å². The Morgan fingerprint density at radius 2 is 1.84 bits per heavy atom. The van der Waals surface area contributed by atoms with Gasteiger partial charge in [0.15, 0.2) is 0 Å². The van der Waals surface area contributed by atoms with E-state index in [1.165, 1.54) is 42.3 Å². The fourth-order valence-electron chi connectivity index (χ4n) is 3.81. The molecule has 2 unspecified atom stereocenters. The Hall–Kier alpha value is -0.340. The Morgan fingerprint density at radius 1 is 1.21 bits per heavy atom. The van der Waals surface area contributed by atoms with Gasteiger partial charge in [0, 0.05) is 17.1 Å². The number of hydrogen-bond acceptors (Lipinski definition) is 1. The molecule has 0 saturated heterocycles. The van der Waals surface area contributed by atoms with Crippen molar-refractivity contribution in [3.63, 3.8) is 0 Å². The van der Waals surface area contributed by atoms with E-state index in [0.29, 0.717) is 11.5 Å². The van der Waals surface area contributed by atoms with Crippen LogP contribution in [0.2, 0.25) is 0 Å². The van der Waals surface area contributed by atoms with Crippen LogP contribution in [-0.2, 0) is 6.42 Å². The van der Waals surface area contributed by atoms with Crippen molar-refractivity contribution in [3.8, 4) is 0 Å². The van der Waals surface area contributed by atoms with Crippen LogP contribution in [0.1, 0.15) is 38.7 Å². The molecule has 1 aromatic rings. The highest BCUT2D eigenvalue weighted by molar-refractivity contribution is 9.10. The summed E-state index contributed by atoms with van der Waals surface area (Å²) in [6.45, 7) is 5.69. The summed E-state index contributed by atoms with van der Waals surface area (Å²) in [5.74, 6) is 2.09. The second-order valence-electron chi connectivity index (χ2n) is 7.00. The predicted molar refractivity (Wildman–Crippen MR) is 84.2 cm³/mol. The lowest BCUT2D eigenvalue weighted by atomic mass is 9.77. The minimum absolute atomic E-state index is 0.520. The smallest absolute Gasteiger partial charge is 0.0175 e. The monoisotopic (exact) mass is 321 g/mol. The van der Waals surface area contributed by atoms with Crippen molar-refractivity contribution in [1.29, 1.82) is 0 Å². The molecule has 0 aromatic heterocycles. The van der Waals surface area contributed by atoms with Crippen LogP contribution in [0.5, 0.6) is 0 Å². The first-order valence-electron chi connectivity index (χ1n) is 7.54. The molecule has 2 heteroatoms. The van der Waals surface area contributed by atoms with Gasteiger partial charge in [0.1, 0.15) is 0 Å². The molecule has 2 atom stereocenters. The molecule has 0 spiro atoms. The van der Waals surface area contributed by atoms with Crippen molar-refractivity contribution in [2.75, 3.05) is 6.54 Å². The zero-order chi connectivity index (χ0) is 13.5. The molecule has 1 nitrogen and oxygen atoms in total. The van der Waals surface area contributed by atoms with Crippen LogP contribution in [0.15, 0.2) is 28.7 Å². The van der Waals surface area contributed by atoms with Gasteiger partial charge in [0.2, 0.25) is 0 Å². The average Bonchev–Trinajstić information content (AvgIpc) is 2.99. The molecule has 3 rings (SSSR count). The summed E-state index contributed by atoms with van der Waals surface area (Å²) >= 11 is 3.53. The second kappa shape index (κ2) is 5.21. The van der Waals surface area contributed by atoms with Gasteiger partial charge < -0.3 is 5.32 Å². The molecule has 2 saturated carbocycles. The Kier molecular flexibility index (Phi) is 3.74. The highest BCUT2D eigenvalue weighted by Crippen LogP contribution is 2.60. The lowest BCUT2D eigenvalue weighted by Gasteiger charge is -2.32. The average molecular weight is 322 g/mol. The molecule has 1 N–H and O–H groups in total. The van der Waals surface area contributed by atoms with Crippen LogP contribution in [0.4, 0.5) is 0 Å². The Balaban J connectivity index is 1.70. The van der Waals surface area contributed by atoms with E-state index in [-0.39, 0.29) is 0 Å². The van der Waals surface area contributed by atoms with Crippen LogP contribution in [-0.4, -0.2) is 12.6 Å². The Bertz CT molecular complexity index is 427. The van der Waals surface area contributed by atoms with Gasteiger partial charge >= 0.3 is 0 Å². The predicted octanol–water partition coefficient (Wildman–Crippen LogP) is 4.41. The van der Waals surface area contributed by atoms with E-state index >= 15 is 0 Å². The largest absolute Gasteiger partial charge is 0.314 e. The fraction of sp³-hybridized carbons (Fsp3) is 0.647. The van der Waals surface area contributed by atoms with Crippen molar-refractivity contribution in [2.24, 2.45) is 17.3 Å². The molecule has 0 aliphatic heterocycles. The third-order valence-corrected chi connectivity index (χ3v) is 5.37. The van der Waals surface area contributed by atoms with Crippen LogP contribution in [0.25, 0.3) is 0 Å². The lowest BCUT2D eigenvalue weighted by Crippen LogP contribution is -2.38. The van der Waals surface area contributed by atoms with Gasteiger partial charge in [-0.05, 0) is 60.6 Å². The van der Waals surface area contributed by atoms with E-state index in [4.69, 9.17) is 0 Å². The summed E-state index contributed by atoms with van der Waals surface area (Å²) in [7, 11) is 0. The zero-order valence-corrected chi connectivity index (χ0v) is 13.5. The Labute approximate surface area is 125 Å². The number of fused-ring (bicyclic) bond motifs is 1. The first-order chi connectivity index (χ1) is 9.06. The van der Waals surface area contributed by atoms with E-state index < -0.39 is 0 Å². The highest BCUT2D eigenvalue weighted by Gasteiger charge is 2.53. The second-order valence-corrected chi connectivity index (χ2v) is 7.92.